The molecule has 0 aromatic carbocycles. The van der Waals surface area contributed by atoms with Gasteiger partial charge in [-0.1, -0.05) is 12.6 Å². The van der Waals surface area contributed by atoms with E-state index in [1.807, 2.05) is 17.5 Å². The Balaban J connectivity index is 2.29. The van der Waals surface area contributed by atoms with Crippen molar-refractivity contribution in [2.45, 2.75) is 6.04 Å². The smallest absolute Gasteiger partial charge is 0.255 e. The zero-order valence-corrected chi connectivity index (χ0v) is 8.10. The Hall–Kier alpha value is -1.29. The lowest BCUT2D eigenvalue weighted by molar-refractivity contribution is -0.127. The summed E-state index contributed by atoms with van der Waals surface area (Å²) in [6.45, 7) is 3.74. The molecule has 3 nitrogen and oxygen atoms in total. The van der Waals surface area contributed by atoms with E-state index in [1.54, 1.807) is 23.3 Å². The molecule has 1 fully saturated rings. The molecule has 1 unspecified atom stereocenters. The minimum absolute atomic E-state index is 0.0625. The predicted octanol–water partition coefficient (Wildman–Crippen LogP) is 1.32. The average Bonchev–Trinajstić information content (AvgIpc) is 2.70. The molecule has 13 heavy (non-hydrogen) atoms. The monoisotopic (exact) mass is 194 g/mol. The number of likely N-dealkylation sites (N-methyl/N-ethyl adjacent to an activating group) is 1. The van der Waals surface area contributed by atoms with Gasteiger partial charge in [-0.2, -0.15) is 0 Å². The van der Waals surface area contributed by atoms with E-state index >= 15 is 0 Å². The highest BCUT2D eigenvalue weighted by atomic mass is 32.1. The van der Waals surface area contributed by atoms with Gasteiger partial charge < -0.3 is 10.2 Å². The molecule has 4 heteroatoms. The topological polar surface area (TPSA) is 32.3 Å². The fraction of sp³-hybridized carbons (Fsp3) is 0.222. The summed E-state index contributed by atoms with van der Waals surface area (Å²) in [7, 11) is 1.73. The average molecular weight is 194 g/mol. The van der Waals surface area contributed by atoms with Crippen LogP contribution in [0.3, 0.4) is 0 Å². The lowest BCUT2D eigenvalue weighted by Gasteiger charge is -2.05. The van der Waals surface area contributed by atoms with Crippen LogP contribution in [0.25, 0.3) is 0 Å². The normalized spacial score (nSPS) is 22.2. The first-order valence-corrected chi connectivity index (χ1v) is 4.84. The number of hydrogen-bond donors (Lipinski definition) is 1. The van der Waals surface area contributed by atoms with Gasteiger partial charge in [0.25, 0.3) is 5.91 Å². The highest BCUT2D eigenvalue weighted by molar-refractivity contribution is 7.10. The fourth-order valence-corrected chi connectivity index (χ4v) is 2.07. The van der Waals surface area contributed by atoms with E-state index in [2.05, 4.69) is 11.9 Å². The van der Waals surface area contributed by atoms with E-state index in [-0.39, 0.29) is 11.9 Å². The number of rotatable bonds is 1. The van der Waals surface area contributed by atoms with Crippen molar-refractivity contribution in [1.29, 1.82) is 0 Å². The van der Waals surface area contributed by atoms with Gasteiger partial charge in [0.1, 0.15) is 11.9 Å². The Morgan fingerprint density at radius 1 is 1.69 bits per heavy atom. The van der Waals surface area contributed by atoms with Crippen LogP contribution in [-0.2, 0) is 4.79 Å². The summed E-state index contributed by atoms with van der Waals surface area (Å²) < 4.78 is 0. The number of hydrogen-bond acceptors (Lipinski definition) is 3. The minimum Gasteiger partial charge on any atom is -0.356 e. The molecule has 1 aliphatic rings. The van der Waals surface area contributed by atoms with Crippen LogP contribution in [0.4, 0.5) is 0 Å². The van der Waals surface area contributed by atoms with Crippen LogP contribution in [0.1, 0.15) is 10.9 Å². The van der Waals surface area contributed by atoms with Crippen LogP contribution in [0.15, 0.2) is 29.9 Å². The summed E-state index contributed by atoms with van der Waals surface area (Å²) in [6, 6.07) is 3.67. The molecule has 68 valence electrons. The van der Waals surface area contributed by atoms with E-state index in [0.717, 1.165) is 4.88 Å². The van der Waals surface area contributed by atoms with Crippen LogP contribution in [0.2, 0.25) is 0 Å². The van der Waals surface area contributed by atoms with Crippen LogP contribution in [0.5, 0.6) is 0 Å². The number of nitrogens with one attached hydrogen (secondary N) is 1. The Morgan fingerprint density at radius 3 is 2.92 bits per heavy atom. The van der Waals surface area contributed by atoms with Crippen molar-refractivity contribution >= 4 is 17.2 Å². The van der Waals surface area contributed by atoms with Gasteiger partial charge in [-0.3, -0.25) is 4.79 Å². The highest BCUT2D eigenvalue weighted by Crippen LogP contribution is 2.26. The molecule has 1 aliphatic heterocycles. The quantitative estimate of drug-likeness (QED) is 0.731. The third kappa shape index (κ3) is 1.23. The van der Waals surface area contributed by atoms with E-state index in [0.29, 0.717) is 5.82 Å². The van der Waals surface area contributed by atoms with Crippen molar-refractivity contribution < 1.29 is 4.79 Å². The van der Waals surface area contributed by atoms with Crippen LogP contribution in [0, 0.1) is 0 Å². The molecule has 1 aromatic rings. The molecule has 2 rings (SSSR count). The van der Waals surface area contributed by atoms with Gasteiger partial charge >= 0.3 is 0 Å². The summed E-state index contributed by atoms with van der Waals surface area (Å²) in [5.41, 5.74) is 0. The van der Waals surface area contributed by atoms with Gasteiger partial charge in [-0.15, -0.1) is 11.3 Å². The summed E-state index contributed by atoms with van der Waals surface area (Å²) in [4.78, 5) is 14.2. The van der Waals surface area contributed by atoms with Gasteiger partial charge in [0.05, 0.1) is 0 Å². The minimum atomic E-state index is -0.225. The summed E-state index contributed by atoms with van der Waals surface area (Å²) in [6.07, 6.45) is 0. The first-order chi connectivity index (χ1) is 6.20. The zero-order chi connectivity index (χ0) is 9.42. The fourth-order valence-electron chi connectivity index (χ4n) is 1.30. The summed E-state index contributed by atoms with van der Waals surface area (Å²) >= 11 is 1.58. The molecule has 1 amide bonds. The number of amides is 1. The number of carbonyl (C=O) groups excluding carboxylic acids is 1. The maximum Gasteiger partial charge on any atom is 0.255 e. The van der Waals surface area contributed by atoms with Crippen LogP contribution < -0.4 is 5.32 Å². The third-order valence-electron chi connectivity index (χ3n) is 2.12. The first-order valence-electron chi connectivity index (χ1n) is 3.96. The molecular formula is C9H10N2OS. The molecule has 2 heterocycles. The second-order valence-electron chi connectivity index (χ2n) is 2.94. The lowest BCUT2D eigenvalue weighted by Crippen LogP contribution is -2.20. The van der Waals surface area contributed by atoms with Crippen molar-refractivity contribution in [3.05, 3.63) is 34.8 Å². The maximum absolute atomic E-state index is 11.6. The Morgan fingerprint density at radius 2 is 2.46 bits per heavy atom. The van der Waals surface area contributed by atoms with Crippen molar-refractivity contribution in [3.63, 3.8) is 0 Å². The second-order valence-corrected chi connectivity index (χ2v) is 3.92. The van der Waals surface area contributed by atoms with Crippen LogP contribution in [-0.4, -0.2) is 17.9 Å². The van der Waals surface area contributed by atoms with E-state index in [9.17, 15) is 4.79 Å². The van der Waals surface area contributed by atoms with Crippen molar-refractivity contribution in [2.75, 3.05) is 7.05 Å². The van der Waals surface area contributed by atoms with Gasteiger partial charge in [-0.05, 0) is 11.4 Å². The SMILES string of the molecule is C=C1NC(c2cccs2)C(=O)N1C. The molecule has 1 atom stereocenters. The Bertz CT molecular complexity index is 345. The molecule has 0 spiro atoms. The van der Waals surface area contributed by atoms with Crippen LogP contribution >= 0.6 is 11.3 Å². The van der Waals surface area contributed by atoms with E-state index in [1.165, 1.54) is 0 Å². The molecule has 1 aromatic heterocycles. The maximum atomic E-state index is 11.6. The number of carbonyl (C=O) groups is 1. The van der Waals surface area contributed by atoms with E-state index in [4.69, 9.17) is 0 Å². The van der Waals surface area contributed by atoms with Crippen molar-refractivity contribution in [2.24, 2.45) is 0 Å². The predicted molar refractivity (Wildman–Crippen MR) is 52.1 cm³/mol. The van der Waals surface area contributed by atoms with Gasteiger partial charge in [-0.25, -0.2) is 0 Å². The number of thiophene rings is 1. The largest absolute Gasteiger partial charge is 0.356 e. The molecule has 0 saturated carbocycles. The Kier molecular flexibility index (Phi) is 1.84. The Labute approximate surface area is 80.7 Å². The van der Waals surface area contributed by atoms with Gasteiger partial charge in [0.15, 0.2) is 0 Å². The van der Waals surface area contributed by atoms with E-state index < -0.39 is 0 Å². The highest BCUT2D eigenvalue weighted by Gasteiger charge is 2.33. The third-order valence-corrected chi connectivity index (χ3v) is 3.06. The lowest BCUT2D eigenvalue weighted by atomic mass is 10.2. The molecule has 0 bridgehead atoms. The van der Waals surface area contributed by atoms with Crippen molar-refractivity contribution in [1.82, 2.24) is 10.2 Å². The standard InChI is InChI=1S/C9H10N2OS/c1-6-10-8(9(12)11(6)2)7-4-3-5-13-7/h3-5,8,10H,1H2,2H3. The molecular weight excluding hydrogens is 184 g/mol. The zero-order valence-electron chi connectivity index (χ0n) is 7.28. The molecule has 1 saturated heterocycles. The summed E-state index contributed by atoms with van der Waals surface area (Å²) in [5, 5.41) is 5.01. The van der Waals surface area contributed by atoms with Gasteiger partial charge in [0.2, 0.25) is 0 Å². The molecule has 0 radical (unpaired) electrons. The number of nitrogens with zero attached hydrogens (tertiary/aromatic N) is 1. The second kappa shape index (κ2) is 2.88. The van der Waals surface area contributed by atoms with Gasteiger partial charge in [0, 0.05) is 11.9 Å². The molecule has 0 aliphatic carbocycles. The molecule has 1 N–H and O–H groups in total. The first kappa shape index (κ1) is 8.31. The summed E-state index contributed by atoms with van der Waals surface area (Å²) in [5.74, 6) is 0.732. The van der Waals surface area contributed by atoms with Crippen molar-refractivity contribution in [3.8, 4) is 0 Å².